The highest BCUT2D eigenvalue weighted by molar-refractivity contribution is 5.31. The van der Waals surface area contributed by atoms with Crippen LogP contribution in [0.15, 0.2) is 30.3 Å². The van der Waals surface area contributed by atoms with Crippen molar-refractivity contribution >= 4 is 0 Å². The Morgan fingerprint density at radius 1 is 1.07 bits per heavy atom. The third-order valence-corrected chi connectivity index (χ3v) is 4.32. The molecule has 1 saturated heterocycles. The maximum atomic E-state index is 3.70. The molecular formula is C14H19N. The van der Waals surface area contributed by atoms with E-state index in [-0.39, 0.29) is 0 Å². The van der Waals surface area contributed by atoms with E-state index in [1.807, 2.05) is 0 Å². The minimum atomic E-state index is 0.484. The Hall–Kier alpha value is -0.820. The third-order valence-electron chi connectivity index (χ3n) is 4.32. The van der Waals surface area contributed by atoms with Gasteiger partial charge in [-0.15, -0.1) is 0 Å². The molecule has 1 heterocycles. The molecule has 0 radical (unpaired) electrons. The predicted octanol–water partition coefficient (Wildman–Crippen LogP) is 2.86. The number of nitrogens with one attached hydrogen (secondary N) is 1. The normalized spacial score (nSPS) is 28.7. The van der Waals surface area contributed by atoms with Crippen molar-refractivity contribution in [1.82, 2.24) is 5.32 Å². The summed E-state index contributed by atoms with van der Waals surface area (Å²) in [6.45, 7) is 1.22. The first kappa shape index (κ1) is 9.41. The molecule has 2 fully saturated rings. The van der Waals surface area contributed by atoms with Gasteiger partial charge in [0.25, 0.3) is 0 Å². The molecule has 0 spiro atoms. The average molecular weight is 201 g/mol. The summed E-state index contributed by atoms with van der Waals surface area (Å²) in [5, 5.41) is 3.70. The van der Waals surface area contributed by atoms with E-state index >= 15 is 0 Å². The first-order chi connectivity index (χ1) is 7.42. The van der Waals surface area contributed by atoms with Gasteiger partial charge in [0.05, 0.1) is 0 Å². The van der Waals surface area contributed by atoms with Crippen LogP contribution in [0.4, 0.5) is 0 Å². The SMILES string of the molecule is c1ccc(C2(C3CCCN3)CCC2)cc1. The summed E-state index contributed by atoms with van der Waals surface area (Å²) in [6.07, 6.45) is 6.91. The second-order valence-corrected chi connectivity index (χ2v) is 5.02. The van der Waals surface area contributed by atoms with Gasteiger partial charge in [0, 0.05) is 11.5 Å². The molecule has 1 heteroatoms. The summed E-state index contributed by atoms with van der Waals surface area (Å²) in [7, 11) is 0. The molecule has 1 aromatic rings. The maximum absolute atomic E-state index is 3.70. The minimum absolute atomic E-state index is 0.484. The van der Waals surface area contributed by atoms with Crippen LogP contribution in [0.25, 0.3) is 0 Å². The van der Waals surface area contributed by atoms with Gasteiger partial charge in [0.2, 0.25) is 0 Å². The highest BCUT2D eigenvalue weighted by atomic mass is 15.0. The molecule has 1 unspecified atom stereocenters. The number of benzene rings is 1. The van der Waals surface area contributed by atoms with Crippen molar-refractivity contribution in [3.05, 3.63) is 35.9 Å². The van der Waals surface area contributed by atoms with Crippen molar-refractivity contribution in [3.8, 4) is 0 Å². The second kappa shape index (κ2) is 3.64. The number of hydrogen-bond acceptors (Lipinski definition) is 1. The quantitative estimate of drug-likeness (QED) is 0.776. The van der Waals surface area contributed by atoms with E-state index in [4.69, 9.17) is 0 Å². The van der Waals surface area contributed by atoms with E-state index in [0.29, 0.717) is 5.41 Å². The van der Waals surface area contributed by atoms with E-state index in [0.717, 1.165) is 6.04 Å². The lowest BCUT2D eigenvalue weighted by Crippen LogP contribution is -2.50. The van der Waals surface area contributed by atoms with E-state index in [9.17, 15) is 0 Å². The van der Waals surface area contributed by atoms with Gasteiger partial charge in [0.15, 0.2) is 0 Å². The van der Waals surface area contributed by atoms with Crippen LogP contribution >= 0.6 is 0 Å². The molecule has 80 valence electrons. The van der Waals surface area contributed by atoms with Crippen LogP contribution in [-0.2, 0) is 5.41 Å². The molecule has 1 aliphatic carbocycles. The van der Waals surface area contributed by atoms with Gasteiger partial charge in [-0.05, 0) is 37.8 Å². The second-order valence-electron chi connectivity index (χ2n) is 5.02. The van der Waals surface area contributed by atoms with Crippen LogP contribution in [0.5, 0.6) is 0 Å². The van der Waals surface area contributed by atoms with E-state index < -0.39 is 0 Å². The van der Waals surface area contributed by atoms with Crippen molar-refractivity contribution in [1.29, 1.82) is 0 Å². The topological polar surface area (TPSA) is 12.0 Å². The van der Waals surface area contributed by atoms with Crippen LogP contribution in [0.1, 0.15) is 37.7 Å². The van der Waals surface area contributed by atoms with Gasteiger partial charge < -0.3 is 5.32 Å². The lowest BCUT2D eigenvalue weighted by Gasteiger charge is -2.47. The fourth-order valence-corrected chi connectivity index (χ4v) is 3.32. The van der Waals surface area contributed by atoms with Crippen LogP contribution < -0.4 is 5.32 Å². The van der Waals surface area contributed by atoms with Gasteiger partial charge in [-0.2, -0.15) is 0 Å². The Morgan fingerprint density at radius 2 is 1.87 bits per heavy atom. The van der Waals surface area contributed by atoms with Crippen LogP contribution in [0.3, 0.4) is 0 Å². The van der Waals surface area contributed by atoms with Crippen molar-refractivity contribution in [2.45, 2.75) is 43.6 Å². The molecule has 0 amide bonds. The third kappa shape index (κ3) is 1.41. The fraction of sp³-hybridized carbons (Fsp3) is 0.571. The summed E-state index contributed by atoms with van der Waals surface area (Å²) in [6, 6.07) is 11.9. The van der Waals surface area contributed by atoms with Crippen molar-refractivity contribution < 1.29 is 0 Å². The van der Waals surface area contributed by atoms with Crippen LogP contribution in [-0.4, -0.2) is 12.6 Å². The Balaban J connectivity index is 1.92. The Labute approximate surface area is 91.9 Å². The van der Waals surface area contributed by atoms with Gasteiger partial charge >= 0.3 is 0 Å². The first-order valence-corrected chi connectivity index (χ1v) is 6.21. The molecule has 0 bridgehead atoms. The first-order valence-electron chi connectivity index (χ1n) is 6.21. The molecule has 1 atom stereocenters. The van der Waals surface area contributed by atoms with Crippen LogP contribution in [0, 0.1) is 0 Å². The predicted molar refractivity (Wildman–Crippen MR) is 63.0 cm³/mol. The fourth-order valence-electron chi connectivity index (χ4n) is 3.32. The van der Waals surface area contributed by atoms with E-state index in [2.05, 4.69) is 35.6 Å². The van der Waals surface area contributed by atoms with Gasteiger partial charge in [-0.1, -0.05) is 36.8 Å². The van der Waals surface area contributed by atoms with Gasteiger partial charge in [0.1, 0.15) is 0 Å². The highest BCUT2D eigenvalue weighted by Crippen LogP contribution is 2.48. The van der Waals surface area contributed by atoms with Crippen molar-refractivity contribution in [2.75, 3.05) is 6.54 Å². The maximum Gasteiger partial charge on any atom is 0.0164 e. The average Bonchev–Trinajstić information content (AvgIpc) is 2.72. The summed E-state index contributed by atoms with van der Waals surface area (Å²) in [5.74, 6) is 0. The summed E-state index contributed by atoms with van der Waals surface area (Å²) in [5.41, 5.74) is 2.05. The lowest BCUT2D eigenvalue weighted by molar-refractivity contribution is 0.182. The molecule has 1 nitrogen and oxygen atoms in total. The zero-order valence-corrected chi connectivity index (χ0v) is 9.21. The van der Waals surface area contributed by atoms with Crippen LogP contribution in [0.2, 0.25) is 0 Å². The Kier molecular flexibility index (Phi) is 2.28. The molecule has 1 aromatic carbocycles. The van der Waals surface area contributed by atoms with E-state index in [1.54, 1.807) is 5.56 Å². The zero-order chi connectivity index (χ0) is 10.1. The van der Waals surface area contributed by atoms with Crippen molar-refractivity contribution in [2.24, 2.45) is 0 Å². The molecule has 15 heavy (non-hydrogen) atoms. The molecular weight excluding hydrogens is 182 g/mol. The van der Waals surface area contributed by atoms with Crippen molar-refractivity contribution in [3.63, 3.8) is 0 Å². The molecule has 1 aliphatic heterocycles. The number of hydrogen-bond donors (Lipinski definition) is 1. The van der Waals surface area contributed by atoms with Gasteiger partial charge in [-0.25, -0.2) is 0 Å². The molecule has 1 N–H and O–H groups in total. The number of rotatable bonds is 2. The minimum Gasteiger partial charge on any atom is -0.313 e. The van der Waals surface area contributed by atoms with E-state index in [1.165, 1.54) is 38.6 Å². The summed E-state index contributed by atoms with van der Waals surface area (Å²) < 4.78 is 0. The zero-order valence-electron chi connectivity index (χ0n) is 9.21. The summed E-state index contributed by atoms with van der Waals surface area (Å²) in [4.78, 5) is 0. The monoisotopic (exact) mass is 201 g/mol. The standard InChI is InChI=1S/C14H19N/c1-2-6-12(7-3-1)14(9-5-10-14)13-8-4-11-15-13/h1-3,6-7,13,15H,4-5,8-11H2. The highest BCUT2D eigenvalue weighted by Gasteiger charge is 2.45. The molecule has 3 rings (SSSR count). The molecule has 0 aromatic heterocycles. The Bertz CT molecular complexity index is 320. The molecule has 1 saturated carbocycles. The molecule has 2 aliphatic rings. The smallest absolute Gasteiger partial charge is 0.0164 e. The lowest BCUT2D eigenvalue weighted by atomic mass is 9.60. The largest absolute Gasteiger partial charge is 0.313 e. The Morgan fingerprint density at radius 3 is 2.40 bits per heavy atom. The summed E-state index contributed by atoms with van der Waals surface area (Å²) >= 11 is 0. The van der Waals surface area contributed by atoms with Gasteiger partial charge in [-0.3, -0.25) is 0 Å².